The predicted octanol–water partition coefficient (Wildman–Crippen LogP) is 6.43. The summed E-state index contributed by atoms with van der Waals surface area (Å²) in [7, 11) is 0. The van der Waals surface area contributed by atoms with Gasteiger partial charge in [0.05, 0.1) is 34.2 Å². The molecule has 37 heavy (non-hydrogen) atoms. The van der Waals surface area contributed by atoms with Gasteiger partial charge in [0.25, 0.3) is 0 Å². The number of hydrogen-bond acceptors (Lipinski definition) is 6. The van der Waals surface area contributed by atoms with Gasteiger partial charge < -0.3 is 0 Å². The van der Waals surface area contributed by atoms with Gasteiger partial charge in [0.1, 0.15) is 0 Å². The van der Waals surface area contributed by atoms with Gasteiger partial charge >= 0.3 is 0 Å². The topological polar surface area (TPSA) is 77.3 Å². The molecule has 0 fully saturated rings. The summed E-state index contributed by atoms with van der Waals surface area (Å²) in [5.74, 6) is 0. The smallest absolute Gasteiger partial charge is 0.0886 e. The number of rotatable bonds is 3. The molecule has 0 aliphatic carbocycles. The maximum Gasteiger partial charge on any atom is 0.0886 e. The molecule has 0 atom stereocenters. The summed E-state index contributed by atoms with van der Waals surface area (Å²) in [5, 5.41) is 0. The molecule has 0 aliphatic rings. The van der Waals surface area contributed by atoms with Gasteiger partial charge in [0.15, 0.2) is 0 Å². The Hall–Kier alpha value is -4.58. The first-order valence-electron chi connectivity index (χ1n) is 11.4. The van der Waals surface area contributed by atoms with Gasteiger partial charge in [0, 0.05) is 54.2 Å². The van der Waals surface area contributed by atoms with Crippen LogP contribution in [0, 0.1) is 0 Å². The molecule has 185 valence electrons. The van der Waals surface area contributed by atoms with E-state index in [0.29, 0.717) is 0 Å². The zero-order valence-corrected chi connectivity index (χ0v) is 20.8. The van der Waals surface area contributed by atoms with E-state index in [1.807, 2.05) is 109 Å². The number of hydrogen-bond donors (Lipinski definition) is 0. The molecule has 1 radical (unpaired) electrons. The third-order valence-electron chi connectivity index (χ3n) is 4.78. The van der Waals surface area contributed by atoms with Crippen molar-refractivity contribution in [1.82, 2.24) is 29.9 Å². The van der Waals surface area contributed by atoms with E-state index in [2.05, 4.69) is 29.9 Å². The molecule has 6 aromatic heterocycles. The molecule has 0 saturated carbocycles. The minimum atomic E-state index is 0. The van der Waals surface area contributed by atoms with Gasteiger partial charge in [-0.2, -0.15) is 0 Å². The van der Waals surface area contributed by atoms with Crippen molar-refractivity contribution >= 4 is 0 Å². The van der Waals surface area contributed by atoms with E-state index in [1.165, 1.54) is 0 Å². The number of aromatic nitrogens is 6. The summed E-state index contributed by atoms with van der Waals surface area (Å²) in [6, 6.07) is 34.8. The van der Waals surface area contributed by atoms with Crippen LogP contribution >= 0.6 is 0 Å². The van der Waals surface area contributed by atoms with Crippen molar-refractivity contribution in [1.29, 1.82) is 0 Å². The second-order valence-corrected chi connectivity index (χ2v) is 7.29. The summed E-state index contributed by atoms with van der Waals surface area (Å²) < 4.78 is 0. The first kappa shape index (κ1) is 27.0. The van der Waals surface area contributed by atoms with Crippen LogP contribution in [0.5, 0.6) is 0 Å². The second kappa shape index (κ2) is 15.4. The van der Waals surface area contributed by atoms with E-state index in [1.54, 1.807) is 37.2 Å². The van der Waals surface area contributed by atoms with Crippen LogP contribution in [-0.2, 0) is 17.1 Å². The molecular formula is C30H24CuN6. The molecule has 0 amide bonds. The Morgan fingerprint density at radius 1 is 0.243 bits per heavy atom. The van der Waals surface area contributed by atoms with Crippen LogP contribution in [0.4, 0.5) is 0 Å². The van der Waals surface area contributed by atoms with E-state index in [9.17, 15) is 0 Å². The predicted molar refractivity (Wildman–Crippen MR) is 142 cm³/mol. The second-order valence-electron chi connectivity index (χ2n) is 7.29. The van der Waals surface area contributed by atoms with Crippen LogP contribution in [0.25, 0.3) is 34.2 Å². The molecule has 6 heterocycles. The van der Waals surface area contributed by atoms with Crippen LogP contribution in [0.2, 0.25) is 0 Å². The van der Waals surface area contributed by atoms with Crippen molar-refractivity contribution in [3.8, 4) is 34.2 Å². The molecule has 0 aliphatic heterocycles. The Kier molecular flexibility index (Phi) is 11.3. The van der Waals surface area contributed by atoms with Crippen LogP contribution in [0.15, 0.2) is 146 Å². The van der Waals surface area contributed by atoms with Crippen LogP contribution < -0.4 is 0 Å². The molecular weight excluding hydrogens is 508 g/mol. The van der Waals surface area contributed by atoms with E-state index in [0.717, 1.165) is 34.2 Å². The maximum atomic E-state index is 4.19. The summed E-state index contributed by atoms with van der Waals surface area (Å²) >= 11 is 0. The van der Waals surface area contributed by atoms with Gasteiger partial charge in [-0.3, -0.25) is 29.9 Å². The van der Waals surface area contributed by atoms with Crippen molar-refractivity contribution in [2.45, 2.75) is 0 Å². The fourth-order valence-corrected chi connectivity index (χ4v) is 3.09. The summed E-state index contributed by atoms with van der Waals surface area (Å²) in [6.07, 6.45) is 10.6. The quantitative estimate of drug-likeness (QED) is 0.245. The Labute approximate surface area is 227 Å². The molecule has 6 rings (SSSR count). The largest absolute Gasteiger partial charge is 0.255 e. The monoisotopic (exact) mass is 531 g/mol. The van der Waals surface area contributed by atoms with E-state index in [4.69, 9.17) is 0 Å². The fraction of sp³-hybridized carbons (Fsp3) is 0. The average Bonchev–Trinajstić information content (AvgIpc) is 3.01. The van der Waals surface area contributed by atoms with E-state index in [-0.39, 0.29) is 17.1 Å². The Balaban J connectivity index is 0.000000152. The zero-order chi connectivity index (χ0) is 24.7. The van der Waals surface area contributed by atoms with Crippen LogP contribution in [0.1, 0.15) is 0 Å². The Bertz CT molecular complexity index is 1100. The van der Waals surface area contributed by atoms with Crippen molar-refractivity contribution in [2.75, 3.05) is 0 Å². The molecule has 7 heteroatoms. The maximum absolute atomic E-state index is 4.19. The minimum Gasteiger partial charge on any atom is -0.255 e. The minimum absolute atomic E-state index is 0. The number of pyridine rings is 6. The normalized spacial score (nSPS) is 9.41. The third kappa shape index (κ3) is 8.85. The molecule has 0 bridgehead atoms. The summed E-state index contributed by atoms with van der Waals surface area (Å²) in [5.41, 5.74) is 5.49. The fourth-order valence-electron chi connectivity index (χ4n) is 3.09. The van der Waals surface area contributed by atoms with Crippen molar-refractivity contribution < 1.29 is 17.1 Å². The van der Waals surface area contributed by atoms with Crippen molar-refractivity contribution in [3.63, 3.8) is 0 Å². The SMILES string of the molecule is [Cu].c1ccc(-c2ccccn2)nc1.c1ccc(-c2ccccn2)nc1.c1ccc(-c2ccccn2)nc1. The van der Waals surface area contributed by atoms with Gasteiger partial charge in [-0.15, -0.1) is 0 Å². The molecule has 0 N–H and O–H groups in total. The molecule has 0 saturated heterocycles. The van der Waals surface area contributed by atoms with Gasteiger partial charge in [-0.1, -0.05) is 36.4 Å². The molecule has 6 nitrogen and oxygen atoms in total. The first-order valence-corrected chi connectivity index (χ1v) is 11.4. The van der Waals surface area contributed by atoms with E-state index < -0.39 is 0 Å². The van der Waals surface area contributed by atoms with Crippen LogP contribution in [0.3, 0.4) is 0 Å². The Morgan fingerprint density at radius 3 is 0.514 bits per heavy atom. The van der Waals surface area contributed by atoms with Crippen LogP contribution in [-0.4, -0.2) is 29.9 Å². The van der Waals surface area contributed by atoms with Gasteiger partial charge in [-0.25, -0.2) is 0 Å². The molecule has 0 aromatic carbocycles. The van der Waals surface area contributed by atoms with Gasteiger partial charge in [-0.05, 0) is 72.8 Å². The zero-order valence-electron chi connectivity index (χ0n) is 19.8. The average molecular weight is 532 g/mol. The number of nitrogens with zero attached hydrogens (tertiary/aromatic N) is 6. The standard InChI is InChI=1S/3C10H8N2.Cu/c3*1-3-7-11-9(5-1)10-6-2-4-8-12-10;/h3*1-8H;. The van der Waals surface area contributed by atoms with Gasteiger partial charge in [0.2, 0.25) is 0 Å². The molecule has 0 spiro atoms. The van der Waals surface area contributed by atoms with E-state index >= 15 is 0 Å². The summed E-state index contributed by atoms with van der Waals surface area (Å²) in [6.45, 7) is 0. The van der Waals surface area contributed by atoms with Crippen molar-refractivity contribution in [2.24, 2.45) is 0 Å². The first-order chi connectivity index (χ1) is 17.9. The third-order valence-corrected chi connectivity index (χ3v) is 4.78. The molecule has 6 aromatic rings. The summed E-state index contributed by atoms with van der Waals surface area (Å²) in [4.78, 5) is 25.1. The van der Waals surface area contributed by atoms with Crippen molar-refractivity contribution in [3.05, 3.63) is 146 Å². The Morgan fingerprint density at radius 2 is 0.405 bits per heavy atom. The molecule has 0 unspecified atom stereocenters.